The summed E-state index contributed by atoms with van der Waals surface area (Å²) < 4.78 is 0.946. The molecule has 0 amide bonds. The van der Waals surface area contributed by atoms with Gasteiger partial charge in [0.15, 0.2) is 0 Å². The first kappa shape index (κ1) is 31.3. The molecule has 114 valence electrons. The van der Waals surface area contributed by atoms with E-state index in [0.717, 1.165) is 10.5 Å². The zero-order valence-electron chi connectivity index (χ0n) is 15.4. The van der Waals surface area contributed by atoms with Gasteiger partial charge in [0.2, 0.25) is 0 Å². The monoisotopic (exact) mass is 324 g/mol. The molecule has 0 fully saturated rings. The molecule has 0 aliphatic carbocycles. The number of aliphatic carboxylic acids is 2. The standard InChI is InChI=1S/C12H25.C3H4O4.Li.2Na/c1-4-5-6-7-8-9-10-11-12(2)3;4-2(5)1-3(6)7;;;/h10,12H,4-9,11H2,1-3H3;1H2,(H,4,5)(H,6,7);;;/q;;;2*+1/p-2. The van der Waals surface area contributed by atoms with Gasteiger partial charge < -0.3 is 19.8 Å². The first-order chi connectivity index (χ1) is 9.29. The number of carbonyl (C=O) groups is 2. The van der Waals surface area contributed by atoms with Crippen LogP contribution in [0.1, 0.15) is 72.1 Å². The molecule has 0 bridgehead atoms. The van der Waals surface area contributed by atoms with Gasteiger partial charge in [0.25, 0.3) is 0 Å². The normalized spacial score (nSPS) is 10.6. The van der Waals surface area contributed by atoms with Gasteiger partial charge in [0.05, 0.1) is 0 Å². The van der Waals surface area contributed by atoms with Crippen molar-refractivity contribution >= 4 is 29.7 Å². The van der Waals surface area contributed by atoms with E-state index >= 15 is 0 Å². The van der Waals surface area contributed by atoms with Crippen LogP contribution in [0.15, 0.2) is 0 Å². The van der Waals surface area contributed by atoms with Crippen molar-refractivity contribution in [2.75, 3.05) is 0 Å². The Balaban J connectivity index is -0.000000156. The molecule has 0 saturated carbocycles. The Bertz CT molecular complexity index is 252. The van der Waals surface area contributed by atoms with Crippen molar-refractivity contribution in [3.05, 3.63) is 0 Å². The van der Waals surface area contributed by atoms with Gasteiger partial charge in [-0.25, -0.2) is 0 Å². The third-order valence-electron chi connectivity index (χ3n) is 2.96. The van der Waals surface area contributed by atoms with Crippen molar-refractivity contribution in [1.29, 1.82) is 0 Å². The zero-order chi connectivity index (χ0) is 16.0. The van der Waals surface area contributed by atoms with E-state index in [4.69, 9.17) is 0 Å². The fourth-order valence-electron chi connectivity index (χ4n) is 2.14. The molecule has 22 heavy (non-hydrogen) atoms. The largest absolute Gasteiger partial charge is 1.00 e. The minimum absolute atomic E-state index is 0. The summed E-state index contributed by atoms with van der Waals surface area (Å²) in [6.45, 7) is 6.93. The Morgan fingerprint density at radius 3 is 1.73 bits per heavy atom. The first-order valence-corrected chi connectivity index (χ1v) is 7.69. The maximum Gasteiger partial charge on any atom is 1.00 e. The molecular weight excluding hydrogens is 297 g/mol. The summed E-state index contributed by atoms with van der Waals surface area (Å²) in [5.74, 6) is -2.37. The second-order valence-electron chi connectivity index (χ2n) is 5.86. The average molecular weight is 324 g/mol. The zero-order valence-corrected chi connectivity index (χ0v) is 19.4. The fourth-order valence-corrected chi connectivity index (χ4v) is 2.14. The van der Waals surface area contributed by atoms with E-state index in [1.54, 1.807) is 0 Å². The van der Waals surface area contributed by atoms with Gasteiger partial charge in [-0.05, 0) is 0 Å². The van der Waals surface area contributed by atoms with Crippen molar-refractivity contribution in [3.63, 3.8) is 0 Å². The van der Waals surface area contributed by atoms with Crippen LogP contribution in [0.25, 0.3) is 0 Å². The van der Waals surface area contributed by atoms with Gasteiger partial charge in [-0.3, -0.25) is 0 Å². The molecule has 0 rings (SSSR count). The molecule has 7 heteroatoms. The molecule has 0 aromatic heterocycles. The summed E-state index contributed by atoms with van der Waals surface area (Å²) in [6, 6.07) is 0. The first-order valence-electron chi connectivity index (χ1n) is 7.69. The van der Waals surface area contributed by atoms with Crippen LogP contribution < -0.4 is 69.3 Å². The van der Waals surface area contributed by atoms with Crippen LogP contribution in [0.2, 0.25) is 4.59 Å². The van der Waals surface area contributed by atoms with Crippen molar-refractivity contribution in [2.24, 2.45) is 5.92 Å². The molecule has 0 N–H and O–H groups in total. The summed E-state index contributed by atoms with van der Waals surface area (Å²) in [7, 11) is 0. The summed E-state index contributed by atoms with van der Waals surface area (Å²) in [5.41, 5.74) is 0. The van der Waals surface area contributed by atoms with Gasteiger partial charge >= 0.3 is 153 Å². The molecule has 0 aromatic carbocycles. The molecule has 1 atom stereocenters. The quantitative estimate of drug-likeness (QED) is 0.230. The van der Waals surface area contributed by atoms with Crippen LogP contribution in [-0.2, 0) is 9.59 Å². The Morgan fingerprint density at radius 2 is 1.41 bits per heavy atom. The fraction of sp³-hybridized carbons (Fsp3) is 0.867. The van der Waals surface area contributed by atoms with Gasteiger partial charge in [-0.2, -0.15) is 0 Å². The average Bonchev–Trinajstić information content (AvgIpc) is 2.26. The predicted octanol–water partition coefficient (Wildman–Crippen LogP) is -4.77. The van der Waals surface area contributed by atoms with Crippen LogP contribution >= 0.6 is 0 Å². The van der Waals surface area contributed by atoms with Crippen LogP contribution in [0.3, 0.4) is 0 Å². The van der Waals surface area contributed by atoms with E-state index in [2.05, 4.69) is 38.5 Å². The second kappa shape index (κ2) is 22.5. The summed E-state index contributed by atoms with van der Waals surface area (Å²) in [5, 5.41) is 18.6. The Morgan fingerprint density at radius 1 is 0.955 bits per heavy atom. The third-order valence-corrected chi connectivity index (χ3v) is 2.96. The van der Waals surface area contributed by atoms with E-state index in [1.165, 1.54) is 44.9 Å². The summed E-state index contributed by atoms with van der Waals surface area (Å²) in [6.07, 6.45) is 8.98. The van der Waals surface area contributed by atoms with Crippen molar-refractivity contribution in [1.82, 2.24) is 0 Å². The van der Waals surface area contributed by atoms with Crippen LogP contribution in [0, 0.1) is 5.92 Å². The summed E-state index contributed by atoms with van der Waals surface area (Å²) >= 11 is 2.40. The Kier molecular flexibility index (Phi) is 32.1. The minimum atomic E-state index is -1.63. The number of rotatable bonds is 10. The molecule has 0 radical (unpaired) electrons. The predicted molar refractivity (Wildman–Crippen MR) is 77.0 cm³/mol. The minimum Gasteiger partial charge on any atom is 1.00 e. The summed E-state index contributed by atoms with van der Waals surface area (Å²) in [4.78, 5) is 18.6. The van der Waals surface area contributed by atoms with E-state index in [1.807, 2.05) is 0 Å². The molecule has 1 unspecified atom stereocenters. The molecule has 0 saturated heterocycles. The molecule has 0 aromatic rings. The Labute approximate surface area is 189 Å². The van der Waals surface area contributed by atoms with Crippen LogP contribution in [0.5, 0.6) is 0 Å². The number of hydrogen-bond donors (Lipinski definition) is 0. The SMILES string of the molecule is O=C([O-])CC(=O)[O-].[Li][CH](CCCCCCC)CC(C)C.[Na+].[Na+]. The molecule has 0 aliphatic rings. The number of unbranched alkanes of at least 4 members (excludes halogenated alkanes) is 4. The maximum absolute atomic E-state index is 9.28. The third kappa shape index (κ3) is 33.2. The second-order valence-corrected chi connectivity index (χ2v) is 5.86. The van der Waals surface area contributed by atoms with Crippen molar-refractivity contribution < 1.29 is 78.9 Å². The molecule has 0 spiro atoms. The van der Waals surface area contributed by atoms with Crippen molar-refractivity contribution in [2.45, 2.75) is 76.7 Å². The van der Waals surface area contributed by atoms with E-state index < -0.39 is 18.4 Å². The Hall–Kier alpha value is 1.54. The van der Waals surface area contributed by atoms with E-state index in [0.29, 0.717) is 0 Å². The molecule has 0 aliphatic heterocycles. The number of carbonyl (C=O) groups excluding carboxylic acids is 2. The van der Waals surface area contributed by atoms with Crippen LogP contribution in [-0.4, -0.2) is 29.7 Å². The smallest absolute Gasteiger partial charge is 1.00 e. The van der Waals surface area contributed by atoms with Gasteiger partial charge in [0, 0.05) is 18.4 Å². The topological polar surface area (TPSA) is 80.3 Å². The van der Waals surface area contributed by atoms with Crippen LogP contribution in [0.4, 0.5) is 0 Å². The van der Waals surface area contributed by atoms with Gasteiger partial charge in [0.1, 0.15) is 0 Å². The van der Waals surface area contributed by atoms with Gasteiger partial charge in [-0.15, -0.1) is 0 Å². The molecular formula is C15H27LiNa2O4. The van der Waals surface area contributed by atoms with Crippen molar-refractivity contribution in [3.8, 4) is 0 Å². The molecule has 4 nitrogen and oxygen atoms in total. The van der Waals surface area contributed by atoms with E-state index in [-0.39, 0.29) is 59.1 Å². The number of carboxylic acid groups (broad SMARTS) is 2. The molecule has 0 heterocycles. The maximum atomic E-state index is 9.28. The number of carboxylic acids is 2. The number of hydrogen-bond acceptors (Lipinski definition) is 4. The van der Waals surface area contributed by atoms with E-state index in [9.17, 15) is 19.8 Å². The van der Waals surface area contributed by atoms with Gasteiger partial charge in [-0.1, -0.05) is 0 Å².